The van der Waals surface area contributed by atoms with Crippen LogP contribution in [0, 0.1) is 0 Å². The minimum Gasteiger partial charge on any atom is -0.286 e. The van der Waals surface area contributed by atoms with Gasteiger partial charge in [0.1, 0.15) is 0 Å². The maximum absolute atomic E-state index is 12.4. The van der Waals surface area contributed by atoms with Crippen molar-refractivity contribution in [3.63, 3.8) is 0 Å². The zero-order chi connectivity index (χ0) is 14.8. The molecule has 1 aromatic carbocycles. The number of hydrogen-bond acceptors (Lipinski definition) is 4. The first-order chi connectivity index (χ1) is 10.1. The van der Waals surface area contributed by atoms with Gasteiger partial charge in [-0.15, -0.1) is 0 Å². The average molecular weight is 367 g/mol. The van der Waals surface area contributed by atoms with E-state index in [2.05, 4.69) is 20.8 Å². The molecule has 0 atom stereocenters. The highest BCUT2D eigenvalue weighted by Gasteiger charge is 2.36. The van der Waals surface area contributed by atoms with Crippen molar-refractivity contribution in [1.82, 2.24) is 9.80 Å². The molecule has 2 amide bonds. The van der Waals surface area contributed by atoms with Crippen LogP contribution in [0.5, 0.6) is 0 Å². The van der Waals surface area contributed by atoms with E-state index in [1.165, 1.54) is 4.90 Å². The Morgan fingerprint density at radius 3 is 2.48 bits per heavy atom. The number of carbonyl (C=O) groups excluding carboxylic acids is 2. The summed E-state index contributed by atoms with van der Waals surface area (Å²) < 4.78 is 0.988. The van der Waals surface area contributed by atoms with Crippen LogP contribution in [0.25, 0.3) is 6.08 Å². The van der Waals surface area contributed by atoms with Gasteiger partial charge in [-0.25, -0.2) is 0 Å². The predicted molar refractivity (Wildman–Crippen MR) is 87.6 cm³/mol. The van der Waals surface area contributed by atoms with Crippen molar-refractivity contribution >= 4 is 44.9 Å². The molecule has 21 heavy (non-hydrogen) atoms. The lowest BCUT2D eigenvalue weighted by Gasteiger charge is -2.20. The van der Waals surface area contributed by atoms with Gasteiger partial charge in [-0.3, -0.25) is 19.4 Å². The molecule has 0 N–H and O–H groups in total. The lowest BCUT2D eigenvalue weighted by Crippen LogP contribution is -2.38. The summed E-state index contributed by atoms with van der Waals surface area (Å²) in [5.74, 6) is -0.181. The molecule has 2 aliphatic rings. The van der Waals surface area contributed by atoms with E-state index in [1.54, 1.807) is 6.08 Å². The number of thioether (sulfide) groups is 1. The van der Waals surface area contributed by atoms with Crippen LogP contribution in [0.4, 0.5) is 4.79 Å². The Morgan fingerprint density at radius 1 is 1.14 bits per heavy atom. The van der Waals surface area contributed by atoms with Crippen LogP contribution < -0.4 is 0 Å². The predicted octanol–water partition coefficient (Wildman–Crippen LogP) is 3.54. The van der Waals surface area contributed by atoms with E-state index in [9.17, 15) is 9.59 Å². The smallest absolute Gasteiger partial charge is 0.286 e. The number of benzene rings is 1. The van der Waals surface area contributed by atoms with Gasteiger partial charge in [-0.2, -0.15) is 0 Å². The fourth-order valence-electron chi connectivity index (χ4n) is 2.46. The van der Waals surface area contributed by atoms with Crippen molar-refractivity contribution in [2.24, 2.45) is 0 Å². The SMILES string of the molecule is O=C1S/C(=C/c2ccc(Br)cc2)C(=O)N1CN1CCCC1. The average Bonchev–Trinajstić information content (AvgIpc) is 3.06. The fourth-order valence-corrected chi connectivity index (χ4v) is 3.55. The number of likely N-dealkylation sites (tertiary alicyclic amines) is 1. The molecule has 2 fully saturated rings. The van der Waals surface area contributed by atoms with Crippen LogP contribution in [0.2, 0.25) is 0 Å². The number of carbonyl (C=O) groups is 2. The van der Waals surface area contributed by atoms with E-state index in [-0.39, 0.29) is 11.1 Å². The van der Waals surface area contributed by atoms with Gasteiger partial charge in [0.15, 0.2) is 0 Å². The van der Waals surface area contributed by atoms with Crippen molar-refractivity contribution in [1.29, 1.82) is 0 Å². The summed E-state index contributed by atoms with van der Waals surface area (Å²) in [6, 6.07) is 7.66. The zero-order valence-corrected chi connectivity index (χ0v) is 13.8. The molecule has 0 aliphatic carbocycles. The minimum atomic E-state index is -0.181. The summed E-state index contributed by atoms with van der Waals surface area (Å²) in [4.78, 5) is 28.4. The highest BCUT2D eigenvalue weighted by Crippen LogP contribution is 2.32. The van der Waals surface area contributed by atoms with Crippen LogP contribution in [-0.4, -0.2) is 40.7 Å². The van der Waals surface area contributed by atoms with Crippen molar-refractivity contribution < 1.29 is 9.59 Å². The number of halogens is 1. The monoisotopic (exact) mass is 366 g/mol. The Kier molecular flexibility index (Phi) is 4.47. The molecule has 110 valence electrons. The Morgan fingerprint density at radius 2 is 1.81 bits per heavy atom. The third-order valence-electron chi connectivity index (χ3n) is 3.58. The van der Waals surface area contributed by atoms with Gasteiger partial charge in [0.25, 0.3) is 11.1 Å². The maximum Gasteiger partial charge on any atom is 0.294 e. The Bertz CT molecular complexity index is 594. The van der Waals surface area contributed by atoms with Crippen molar-refractivity contribution in [3.05, 3.63) is 39.2 Å². The molecule has 2 saturated heterocycles. The molecule has 0 saturated carbocycles. The van der Waals surface area contributed by atoms with Gasteiger partial charge in [-0.1, -0.05) is 28.1 Å². The molecule has 1 aromatic rings. The lowest BCUT2D eigenvalue weighted by atomic mass is 10.2. The molecular formula is C15H15BrN2O2S. The molecule has 0 bridgehead atoms. The van der Waals surface area contributed by atoms with E-state index in [4.69, 9.17) is 0 Å². The largest absolute Gasteiger partial charge is 0.294 e. The number of imide groups is 1. The maximum atomic E-state index is 12.4. The van der Waals surface area contributed by atoms with Gasteiger partial charge in [0.2, 0.25) is 0 Å². The first kappa shape index (κ1) is 14.8. The molecule has 0 radical (unpaired) electrons. The van der Waals surface area contributed by atoms with Crippen LogP contribution in [0.15, 0.2) is 33.6 Å². The Labute approximate surface area is 136 Å². The first-order valence-corrected chi connectivity index (χ1v) is 8.48. The van der Waals surface area contributed by atoms with Crippen LogP contribution >= 0.6 is 27.7 Å². The number of nitrogens with zero attached hydrogens (tertiary/aromatic N) is 2. The minimum absolute atomic E-state index is 0.171. The van der Waals surface area contributed by atoms with Gasteiger partial charge in [-0.05, 0) is 61.5 Å². The molecule has 2 aliphatic heterocycles. The normalized spacial score (nSPS) is 21.8. The molecule has 0 spiro atoms. The second kappa shape index (κ2) is 6.34. The highest BCUT2D eigenvalue weighted by molar-refractivity contribution is 9.10. The van der Waals surface area contributed by atoms with Gasteiger partial charge in [0, 0.05) is 4.47 Å². The lowest BCUT2D eigenvalue weighted by molar-refractivity contribution is -0.124. The summed E-state index contributed by atoms with van der Waals surface area (Å²) in [5.41, 5.74) is 0.921. The number of rotatable bonds is 3. The second-order valence-electron chi connectivity index (χ2n) is 5.13. The molecule has 4 nitrogen and oxygen atoms in total. The summed E-state index contributed by atoms with van der Waals surface area (Å²) in [5, 5.41) is -0.171. The van der Waals surface area contributed by atoms with Crippen molar-refractivity contribution in [2.75, 3.05) is 19.8 Å². The topological polar surface area (TPSA) is 40.6 Å². The molecule has 0 aromatic heterocycles. The summed E-state index contributed by atoms with van der Waals surface area (Å²) in [7, 11) is 0. The third-order valence-corrected chi connectivity index (χ3v) is 5.02. The van der Waals surface area contributed by atoms with Gasteiger partial charge >= 0.3 is 0 Å². The first-order valence-electron chi connectivity index (χ1n) is 6.87. The quantitative estimate of drug-likeness (QED) is 0.767. The van der Waals surface area contributed by atoms with E-state index in [1.807, 2.05) is 24.3 Å². The zero-order valence-electron chi connectivity index (χ0n) is 11.4. The highest BCUT2D eigenvalue weighted by atomic mass is 79.9. The standard InChI is InChI=1S/C15H15BrN2O2S/c16-12-5-3-11(4-6-12)9-13-14(19)18(15(20)21-13)10-17-7-1-2-8-17/h3-6,9H,1-2,7-8,10H2/b13-9+. The number of hydrogen-bond donors (Lipinski definition) is 0. The van der Waals surface area contributed by atoms with Crippen LogP contribution in [0.3, 0.4) is 0 Å². The Hall–Kier alpha value is -1.11. The van der Waals surface area contributed by atoms with Gasteiger partial charge < -0.3 is 0 Å². The van der Waals surface area contributed by atoms with E-state index in [0.717, 1.165) is 47.7 Å². The summed E-state index contributed by atoms with van der Waals surface area (Å²) >= 11 is 4.40. The number of amides is 2. The third kappa shape index (κ3) is 3.39. The van der Waals surface area contributed by atoms with E-state index in [0.29, 0.717) is 11.6 Å². The molecular weight excluding hydrogens is 352 g/mol. The van der Waals surface area contributed by atoms with Crippen LogP contribution in [-0.2, 0) is 4.79 Å². The van der Waals surface area contributed by atoms with Gasteiger partial charge in [0.05, 0.1) is 11.6 Å². The molecule has 6 heteroatoms. The summed E-state index contributed by atoms with van der Waals surface area (Å²) in [6.45, 7) is 2.35. The van der Waals surface area contributed by atoms with Crippen molar-refractivity contribution in [2.45, 2.75) is 12.8 Å². The van der Waals surface area contributed by atoms with E-state index < -0.39 is 0 Å². The molecule has 0 unspecified atom stereocenters. The molecule has 3 rings (SSSR count). The van der Waals surface area contributed by atoms with Crippen molar-refractivity contribution in [3.8, 4) is 0 Å². The fraction of sp³-hybridized carbons (Fsp3) is 0.333. The van der Waals surface area contributed by atoms with Crippen LogP contribution in [0.1, 0.15) is 18.4 Å². The summed E-state index contributed by atoms with van der Waals surface area (Å²) in [6.07, 6.45) is 4.07. The second-order valence-corrected chi connectivity index (χ2v) is 7.04. The van der Waals surface area contributed by atoms with E-state index >= 15 is 0 Å². The Balaban J connectivity index is 1.74. The molecule has 2 heterocycles.